The van der Waals surface area contributed by atoms with Crippen LogP contribution in [0, 0.1) is 6.92 Å². The van der Waals surface area contributed by atoms with E-state index in [0.29, 0.717) is 27.1 Å². The Morgan fingerprint density at radius 1 is 1.07 bits per heavy atom. The average molecular weight is 416 g/mol. The Hall–Kier alpha value is -2.30. The van der Waals surface area contributed by atoms with E-state index in [4.69, 9.17) is 27.7 Å². The van der Waals surface area contributed by atoms with Crippen molar-refractivity contribution in [2.75, 3.05) is 5.43 Å². The Morgan fingerprint density at radius 2 is 1.75 bits per heavy atom. The van der Waals surface area contributed by atoms with E-state index in [1.807, 2.05) is 26.0 Å². The summed E-state index contributed by atoms with van der Waals surface area (Å²) >= 11 is 12.5. The lowest BCUT2D eigenvalue weighted by molar-refractivity contribution is 0.399. The quantitative estimate of drug-likeness (QED) is 0.365. The minimum atomic E-state index is 0.114. The summed E-state index contributed by atoms with van der Waals surface area (Å²) in [5, 5.41) is 9.83. The lowest BCUT2D eigenvalue weighted by Crippen LogP contribution is -2.10. The van der Waals surface area contributed by atoms with Crippen molar-refractivity contribution in [1.82, 2.24) is 5.16 Å². The number of hydrazone groups is 1. The predicted octanol–water partition coefficient (Wildman–Crippen LogP) is 7.09. The second-order valence-corrected chi connectivity index (χ2v) is 8.57. The van der Waals surface area contributed by atoms with Gasteiger partial charge in [0.25, 0.3) is 0 Å². The van der Waals surface area contributed by atoms with Crippen LogP contribution in [0.4, 0.5) is 5.69 Å². The third-order valence-electron chi connectivity index (χ3n) is 4.51. The molecule has 146 valence electrons. The van der Waals surface area contributed by atoms with Crippen molar-refractivity contribution < 1.29 is 4.52 Å². The maximum atomic E-state index is 6.35. The molecule has 0 aliphatic heterocycles. The van der Waals surface area contributed by atoms with Crippen molar-refractivity contribution in [1.29, 1.82) is 0 Å². The lowest BCUT2D eigenvalue weighted by Gasteiger charge is -2.19. The first-order chi connectivity index (χ1) is 13.2. The standard InChI is InChI=1S/C22H23Cl2N3O/c1-13(25-26-17-9-6-15(7-10-17)22(3,4)5)20-14(2)28-27-21(20)18-12-16(23)8-11-19(18)24/h6-12,26H,1-5H3. The maximum absolute atomic E-state index is 6.35. The number of halogens is 2. The summed E-state index contributed by atoms with van der Waals surface area (Å²) < 4.78 is 5.41. The van der Waals surface area contributed by atoms with Crippen LogP contribution in [0.15, 0.2) is 52.1 Å². The third-order valence-corrected chi connectivity index (χ3v) is 5.08. The van der Waals surface area contributed by atoms with Gasteiger partial charge < -0.3 is 4.52 Å². The first kappa shape index (κ1) is 20.4. The van der Waals surface area contributed by atoms with E-state index in [1.54, 1.807) is 18.2 Å². The van der Waals surface area contributed by atoms with Gasteiger partial charge in [0.1, 0.15) is 11.5 Å². The fraction of sp³-hybridized carbons (Fsp3) is 0.273. The number of anilines is 1. The zero-order valence-electron chi connectivity index (χ0n) is 16.6. The number of nitrogens with zero attached hydrogens (tertiary/aromatic N) is 2. The molecule has 0 unspecified atom stereocenters. The summed E-state index contributed by atoms with van der Waals surface area (Å²) in [6, 6.07) is 13.5. The highest BCUT2D eigenvalue weighted by Crippen LogP contribution is 2.33. The molecule has 3 rings (SSSR count). The molecule has 0 saturated heterocycles. The molecule has 0 spiro atoms. The number of benzene rings is 2. The number of aryl methyl sites for hydroxylation is 1. The number of hydrogen-bond donors (Lipinski definition) is 1. The highest BCUT2D eigenvalue weighted by atomic mass is 35.5. The second-order valence-electron chi connectivity index (χ2n) is 7.72. The highest BCUT2D eigenvalue weighted by molar-refractivity contribution is 6.35. The molecule has 2 aromatic carbocycles. The van der Waals surface area contributed by atoms with Gasteiger partial charge in [0.2, 0.25) is 0 Å². The Morgan fingerprint density at radius 3 is 2.39 bits per heavy atom. The van der Waals surface area contributed by atoms with Gasteiger partial charge in [-0.15, -0.1) is 0 Å². The van der Waals surface area contributed by atoms with Gasteiger partial charge in [-0.3, -0.25) is 5.43 Å². The minimum Gasteiger partial charge on any atom is -0.360 e. The van der Waals surface area contributed by atoms with E-state index >= 15 is 0 Å². The number of nitrogens with one attached hydrogen (secondary N) is 1. The average Bonchev–Trinajstić information content (AvgIpc) is 3.02. The van der Waals surface area contributed by atoms with Crippen LogP contribution < -0.4 is 5.43 Å². The molecule has 0 aliphatic rings. The van der Waals surface area contributed by atoms with Gasteiger partial charge in [-0.2, -0.15) is 5.10 Å². The molecule has 3 aromatic rings. The third kappa shape index (κ3) is 4.40. The number of hydrogen-bond acceptors (Lipinski definition) is 4. The Kier molecular flexibility index (Phi) is 5.82. The molecule has 1 N–H and O–H groups in total. The van der Waals surface area contributed by atoms with Crippen molar-refractivity contribution in [3.05, 3.63) is 69.4 Å². The number of aromatic nitrogens is 1. The molecule has 0 bridgehead atoms. The summed E-state index contributed by atoms with van der Waals surface area (Å²) in [7, 11) is 0. The fourth-order valence-corrected chi connectivity index (χ4v) is 3.29. The molecule has 1 heterocycles. The van der Waals surface area contributed by atoms with Crippen molar-refractivity contribution >= 4 is 34.6 Å². The smallest absolute Gasteiger partial charge is 0.143 e. The molecule has 1 aromatic heterocycles. The molecule has 0 amide bonds. The molecule has 0 saturated carbocycles. The second kappa shape index (κ2) is 7.98. The van der Waals surface area contributed by atoms with Crippen LogP contribution in [0.3, 0.4) is 0 Å². The van der Waals surface area contributed by atoms with Gasteiger partial charge in [-0.25, -0.2) is 0 Å². The largest absolute Gasteiger partial charge is 0.360 e. The van der Waals surface area contributed by atoms with E-state index in [2.05, 4.69) is 48.6 Å². The van der Waals surface area contributed by atoms with E-state index in [0.717, 1.165) is 17.0 Å². The molecule has 0 fully saturated rings. The molecular formula is C22H23Cl2N3O. The molecule has 0 aliphatic carbocycles. The topological polar surface area (TPSA) is 50.4 Å². The molecule has 4 nitrogen and oxygen atoms in total. The monoisotopic (exact) mass is 415 g/mol. The summed E-state index contributed by atoms with van der Waals surface area (Å²) in [6.07, 6.45) is 0. The van der Waals surface area contributed by atoms with Crippen LogP contribution in [0.2, 0.25) is 10.0 Å². The molecule has 6 heteroatoms. The molecule has 0 atom stereocenters. The Labute approximate surface area is 175 Å². The van der Waals surface area contributed by atoms with E-state index in [9.17, 15) is 0 Å². The van der Waals surface area contributed by atoms with Crippen molar-refractivity contribution in [3.8, 4) is 11.3 Å². The van der Waals surface area contributed by atoms with Crippen LogP contribution in [0.5, 0.6) is 0 Å². The van der Waals surface area contributed by atoms with E-state index in [1.165, 1.54) is 5.56 Å². The Balaban J connectivity index is 1.90. The van der Waals surface area contributed by atoms with Gasteiger partial charge >= 0.3 is 0 Å². The van der Waals surface area contributed by atoms with Gasteiger partial charge in [-0.1, -0.05) is 61.3 Å². The predicted molar refractivity (Wildman–Crippen MR) is 118 cm³/mol. The highest BCUT2D eigenvalue weighted by Gasteiger charge is 2.20. The van der Waals surface area contributed by atoms with Gasteiger partial charge in [0, 0.05) is 10.6 Å². The van der Waals surface area contributed by atoms with Crippen molar-refractivity contribution in [2.45, 2.75) is 40.0 Å². The van der Waals surface area contributed by atoms with Crippen molar-refractivity contribution in [3.63, 3.8) is 0 Å². The SMILES string of the molecule is CC(=NNc1ccc(C(C)(C)C)cc1)c1c(-c2cc(Cl)ccc2Cl)noc1C. The van der Waals surface area contributed by atoms with Gasteiger partial charge in [-0.05, 0) is 55.2 Å². The maximum Gasteiger partial charge on any atom is 0.143 e. The summed E-state index contributed by atoms with van der Waals surface area (Å²) in [4.78, 5) is 0. The summed E-state index contributed by atoms with van der Waals surface area (Å²) in [5.74, 6) is 0.664. The molecule has 28 heavy (non-hydrogen) atoms. The van der Waals surface area contributed by atoms with Crippen LogP contribution >= 0.6 is 23.2 Å². The zero-order chi connectivity index (χ0) is 20.5. The summed E-state index contributed by atoms with van der Waals surface area (Å²) in [5.41, 5.74) is 8.26. The normalized spacial score (nSPS) is 12.3. The minimum absolute atomic E-state index is 0.114. The van der Waals surface area contributed by atoms with Crippen LogP contribution in [-0.2, 0) is 5.41 Å². The Bertz CT molecular complexity index is 1020. The van der Waals surface area contributed by atoms with Crippen LogP contribution in [0.25, 0.3) is 11.3 Å². The van der Waals surface area contributed by atoms with Gasteiger partial charge in [0.15, 0.2) is 0 Å². The summed E-state index contributed by atoms with van der Waals surface area (Å²) in [6.45, 7) is 10.3. The molecule has 0 radical (unpaired) electrons. The lowest BCUT2D eigenvalue weighted by atomic mass is 9.87. The van der Waals surface area contributed by atoms with Crippen molar-refractivity contribution in [2.24, 2.45) is 5.10 Å². The van der Waals surface area contributed by atoms with Crippen LogP contribution in [-0.4, -0.2) is 10.9 Å². The van der Waals surface area contributed by atoms with E-state index in [-0.39, 0.29) is 5.41 Å². The van der Waals surface area contributed by atoms with Crippen LogP contribution in [0.1, 0.15) is 44.6 Å². The number of rotatable bonds is 4. The first-order valence-corrected chi connectivity index (χ1v) is 9.75. The first-order valence-electron chi connectivity index (χ1n) is 8.99. The fourth-order valence-electron chi connectivity index (χ4n) is 2.91. The molecular weight excluding hydrogens is 393 g/mol. The van der Waals surface area contributed by atoms with E-state index < -0.39 is 0 Å². The zero-order valence-corrected chi connectivity index (χ0v) is 18.1. The van der Waals surface area contributed by atoms with Gasteiger partial charge in [0.05, 0.1) is 22.0 Å².